The normalized spacial score (nSPS) is 19.8. The summed E-state index contributed by atoms with van der Waals surface area (Å²) in [5.41, 5.74) is 1.30. The molecule has 1 amide bonds. The van der Waals surface area contributed by atoms with Crippen LogP contribution in [0.2, 0.25) is 0 Å². The molecule has 5 heteroatoms. The Labute approximate surface area is 142 Å². The minimum Gasteiger partial charge on any atom is -0.459 e. The van der Waals surface area contributed by atoms with Crippen molar-refractivity contribution in [3.8, 4) is 0 Å². The van der Waals surface area contributed by atoms with Gasteiger partial charge in [-0.3, -0.25) is 9.69 Å². The van der Waals surface area contributed by atoms with Crippen molar-refractivity contribution < 1.29 is 13.9 Å². The summed E-state index contributed by atoms with van der Waals surface area (Å²) in [7, 11) is 0. The Morgan fingerprint density at radius 2 is 2.12 bits per heavy atom. The Morgan fingerprint density at radius 1 is 1.29 bits per heavy atom. The Hall–Kier alpha value is -2.11. The average molecular weight is 328 g/mol. The van der Waals surface area contributed by atoms with E-state index in [1.807, 2.05) is 6.07 Å². The predicted molar refractivity (Wildman–Crippen MR) is 91.7 cm³/mol. The van der Waals surface area contributed by atoms with Crippen LogP contribution in [0.5, 0.6) is 0 Å². The number of furan rings is 1. The molecule has 0 bridgehead atoms. The number of benzene rings is 1. The topological polar surface area (TPSA) is 54.7 Å². The summed E-state index contributed by atoms with van der Waals surface area (Å²) < 4.78 is 11.1. The lowest BCUT2D eigenvalue weighted by Gasteiger charge is -2.37. The van der Waals surface area contributed by atoms with Crippen molar-refractivity contribution in [2.75, 3.05) is 19.7 Å². The maximum atomic E-state index is 12.2. The minimum absolute atomic E-state index is 0.00799. The minimum atomic E-state index is -0.185. The van der Waals surface area contributed by atoms with Gasteiger partial charge >= 0.3 is 0 Å². The number of hydrogen-bond donors (Lipinski definition) is 1. The van der Waals surface area contributed by atoms with Crippen LogP contribution in [0.3, 0.4) is 0 Å². The summed E-state index contributed by atoms with van der Waals surface area (Å²) in [5.74, 6) is 0.154. The van der Waals surface area contributed by atoms with Gasteiger partial charge in [0.25, 0.3) is 5.91 Å². The van der Waals surface area contributed by atoms with Crippen molar-refractivity contribution in [2.24, 2.45) is 0 Å². The third kappa shape index (κ3) is 4.24. The molecule has 128 valence electrons. The van der Waals surface area contributed by atoms with Gasteiger partial charge < -0.3 is 14.5 Å². The van der Waals surface area contributed by atoms with Gasteiger partial charge in [0.1, 0.15) is 0 Å². The lowest BCUT2D eigenvalue weighted by molar-refractivity contribution is -0.0484. The van der Waals surface area contributed by atoms with Gasteiger partial charge in [-0.25, -0.2) is 0 Å². The molecule has 24 heavy (non-hydrogen) atoms. The molecule has 1 aliphatic heterocycles. The van der Waals surface area contributed by atoms with Crippen LogP contribution in [-0.2, 0) is 11.3 Å². The van der Waals surface area contributed by atoms with E-state index in [1.165, 1.54) is 11.8 Å². The lowest BCUT2D eigenvalue weighted by atomic mass is 10.1. The number of morpholine rings is 1. The van der Waals surface area contributed by atoms with E-state index < -0.39 is 0 Å². The third-order valence-corrected chi connectivity index (χ3v) is 4.38. The van der Waals surface area contributed by atoms with E-state index in [1.54, 1.807) is 12.1 Å². The zero-order chi connectivity index (χ0) is 16.8. The smallest absolute Gasteiger partial charge is 0.287 e. The molecule has 2 heterocycles. The summed E-state index contributed by atoms with van der Waals surface area (Å²) in [5, 5.41) is 3.04. The third-order valence-electron chi connectivity index (χ3n) is 4.38. The van der Waals surface area contributed by atoms with Crippen LogP contribution in [-0.4, -0.2) is 42.6 Å². The first-order valence-corrected chi connectivity index (χ1v) is 8.48. The number of ether oxygens (including phenoxy) is 1. The van der Waals surface area contributed by atoms with Crippen LogP contribution in [0.4, 0.5) is 0 Å². The van der Waals surface area contributed by atoms with E-state index in [0.29, 0.717) is 12.4 Å². The van der Waals surface area contributed by atoms with Gasteiger partial charge in [0.15, 0.2) is 5.76 Å². The highest BCUT2D eigenvalue weighted by atomic mass is 16.5. The Bertz CT molecular complexity index is 627. The van der Waals surface area contributed by atoms with Crippen molar-refractivity contribution in [1.82, 2.24) is 10.2 Å². The number of hydrogen-bond acceptors (Lipinski definition) is 4. The first kappa shape index (κ1) is 16.7. The molecule has 0 spiro atoms. The Kier molecular flexibility index (Phi) is 5.67. The number of carbonyl (C=O) groups is 1. The maximum Gasteiger partial charge on any atom is 0.287 e. The van der Waals surface area contributed by atoms with Gasteiger partial charge in [-0.05, 0) is 24.1 Å². The molecule has 2 unspecified atom stereocenters. The van der Waals surface area contributed by atoms with Crippen molar-refractivity contribution in [3.05, 3.63) is 60.1 Å². The predicted octanol–water partition coefficient (Wildman–Crippen LogP) is 2.69. The van der Waals surface area contributed by atoms with Gasteiger partial charge in [-0.15, -0.1) is 0 Å². The highest BCUT2D eigenvalue weighted by Gasteiger charge is 2.29. The maximum absolute atomic E-state index is 12.2. The summed E-state index contributed by atoms with van der Waals surface area (Å²) in [4.78, 5) is 14.6. The highest BCUT2D eigenvalue weighted by molar-refractivity contribution is 5.91. The number of carbonyl (C=O) groups excluding carboxylic acids is 1. The van der Waals surface area contributed by atoms with Crippen LogP contribution in [0.15, 0.2) is 53.1 Å². The molecule has 0 saturated carbocycles. The molecule has 1 aliphatic rings. The molecule has 0 aliphatic carbocycles. The largest absolute Gasteiger partial charge is 0.459 e. The fraction of sp³-hybridized carbons (Fsp3) is 0.421. The molecule has 1 fully saturated rings. The monoisotopic (exact) mass is 328 g/mol. The molecule has 5 nitrogen and oxygen atoms in total. The van der Waals surface area contributed by atoms with E-state index in [4.69, 9.17) is 9.15 Å². The van der Waals surface area contributed by atoms with Crippen LogP contribution in [0.25, 0.3) is 0 Å². The van der Waals surface area contributed by atoms with Gasteiger partial charge in [0.2, 0.25) is 0 Å². The lowest BCUT2D eigenvalue weighted by Crippen LogP contribution is -2.53. The molecule has 2 aromatic rings. The molecule has 0 radical (unpaired) electrons. The van der Waals surface area contributed by atoms with Crippen LogP contribution in [0, 0.1) is 0 Å². The second-order valence-electron chi connectivity index (χ2n) is 6.10. The van der Waals surface area contributed by atoms with Crippen LogP contribution in [0.1, 0.15) is 29.5 Å². The van der Waals surface area contributed by atoms with E-state index in [9.17, 15) is 4.79 Å². The van der Waals surface area contributed by atoms with Gasteiger partial charge in [0, 0.05) is 19.6 Å². The summed E-state index contributed by atoms with van der Waals surface area (Å²) >= 11 is 0. The summed E-state index contributed by atoms with van der Waals surface area (Å²) in [6.07, 6.45) is 2.32. The molecule has 2 atom stereocenters. The summed E-state index contributed by atoms with van der Waals surface area (Å²) in [6.45, 7) is 5.38. The Balaban J connectivity index is 1.58. The van der Waals surface area contributed by atoms with E-state index >= 15 is 0 Å². The zero-order valence-electron chi connectivity index (χ0n) is 14.0. The molecule has 3 rings (SSSR count). The Morgan fingerprint density at radius 3 is 2.83 bits per heavy atom. The molecule has 1 aromatic heterocycles. The zero-order valence-corrected chi connectivity index (χ0v) is 14.0. The van der Waals surface area contributed by atoms with E-state index in [2.05, 4.69) is 41.4 Å². The van der Waals surface area contributed by atoms with Gasteiger partial charge in [0.05, 0.1) is 25.0 Å². The quantitative estimate of drug-likeness (QED) is 0.886. The number of nitrogens with one attached hydrogen (secondary N) is 1. The fourth-order valence-electron chi connectivity index (χ4n) is 3.07. The van der Waals surface area contributed by atoms with E-state index in [-0.39, 0.29) is 18.1 Å². The van der Waals surface area contributed by atoms with Gasteiger partial charge in [-0.1, -0.05) is 37.3 Å². The van der Waals surface area contributed by atoms with Crippen molar-refractivity contribution in [2.45, 2.75) is 32.0 Å². The molecular weight excluding hydrogens is 304 g/mol. The number of nitrogens with zero attached hydrogens (tertiary/aromatic N) is 1. The first-order valence-electron chi connectivity index (χ1n) is 8.48. The van der Waals surface area contributed by atoms with Crippen LogP contribution >= 0.6 is 0 Å². The summed E-state index contributed by atoms with van der Waals surface area (Å²) in [6, 6.07) is 13.8. The second-order valence-corrected chi connectivity index (χ2v) is 6.10. The highest BCUT2D eigenvalue weighted by Crippen LogP contribution is 2.15. The first-order chi connectivity index (χ1) is 11.8. The average Bonchev–Trinajstić information content (AvgIpc) is 3.15. The van der Waals surface area contributed by atoms with Crippen LogP contribution < -0.4 is 5.32 Å². The SMILES string of the molecule is CCC(NC(=O)c1ccco1)C1CN(Cc2ccccc2)CCO1. The van der Waals surface area contributed by atoms with Crippen molar-refractivity contribution in [3.63, 3.8) is 0 Å². The van der Waals surface area contributed by atoms with Crippen molar-refractivity contribution in [1.29, 1.82) is 0 Å². The molecule has 1 N–H and O–H groups in total. The van der Waals surface area contributed by atoms with Gasteiger partial charge in [-0.2, -0.15) is 0 Å². The number of amides is 1. The van der Waals surface area contributed by atoms with Crippen molar-refractivity contribution >= 4 is 5.91 Å². The van der Waals surface area contributed by atoms with E-state index in [0.717, 1.165) is 26.1 Å². The number of rotatable bonds is 6. The second kappa shape index (κ2) is 8.13. The molecule has 1 saturated heterocycles. The molecule has 1 aromatic carbocycles. The standard InChI is InChI=1S/C19H24N2O3/c1-2-16(20-19(22)17-9-6-11-23-17)18-14-21(10-12-24-18)13-15-7-4-3-5-8-15/h3-9,11,16,18H,2,10,12-14H2,1H3,(H,20,22). The fourth-order valence-corrected chi connectivity index (χ4v) is 3.07. The molecular formula is C19H24N2O3.